The van der Waals surface area contributed by atoms with Gasteiger partial charge < -0.3 is 4.79 Å². The molecule has 2 unspecified atom stereocenters. The summed E-state index contributed by atoms with van der Waals surface area (Å²) >= 11 is 6.15. The maximum absolute atomic E-state index is 13.4. The van der Waals surface area contributed by atoms with Crippen LogP contribution >= 0.6 is 11.6 Å². The molecule has 0 fully saturated rings. The zero-order valence-corrected chi connectivity index (χ0v) is 18.8. The number of hydrogen-bond donors (Lipinski definition) is 0. The fraction of sp³-hybridized carbons (Fsp3) is 0.318. The van der Waals surface area contributed by atoms with Crippen LogP contribution in [0.25, 0.3) is 10.9 Å². The van der Waals surface area contributed by atoms with Crippen LogP contribution in [-0.2, 0) is 14.8 Å². The Hall–Kier alpha value is -2.71. The van der Waals surface area contributed by atoms with Gasteiger partial charge in [0.05, 0.1) is 16.3 Å². The molecule has 164 valence electrons. The van der Waals surface area contributed by atoms with Gasteiger partial charge in [0, 0.05) is 27.4 Å². The molecule has 3 aromatic rings. The molecule has 0 amide bonds. The lowest BCUT2D eigenvalue weighted by molar-refractivity contribution is -0.484. The molecule has 0 aliphatic heterocycles. The number of nitrogens with zero attached hydrogens (tertiary/aromatic N) is 2. The largest absolute Gasteiger partial charge is 0.303 e. The third-order valence-corrected chi connectivity index (χ3v) is 7.32. The highest BCUT2D eigenvalue weighted by Crippen LogP contribution is 2.36. The molecule has 0 spiro atoms. The first kappa shape index (κ1) is 23.0. The SMILES string of the molecule is CCCC(C=O)C(C[N+](=O)[O-])c1cn(S(=O)(=O)c2ccc(C)cc2)c2cc(Cl)ccc12. The van der Waals surface area contributed by atoms with Crippen molar-refractivity contribution in [2.45, 2.75) is 37.5 Å². The van der Waals surface area contributed by atoms with Crippen LogP contribution in [0.2, 0.25) is 5.02 Å². The Kier molecular flexibility index (Phi) is 6.81. The van der Waals surface area contributed by atoms with Gasteiger partial charge in [0.1, 0.15) is 6.29 Å². The second-order valence-corrected chi connectivity index (χ2v) is 9.82. The number of carbonyl (C=O) groups is 1. The lowest BCUT2D eigenvalue weighted by atomic mass is 9.84. The van der Waals surface area contributed by atoms with Crippen LogP contribution < -0.4 is 0 Å². The zero-order chi connectivity index (χ0) is 22.8. The van der Waals surface area contributed by atoms with Crippen molar-refractivity contribution in [2.75, 3.05) is 6.54 Å². The van der Waals surface area contributed by atoms with Gasteiger partial charge in [-0.25, -0.2) is 12.4 Å². The Balaban J connectivity index is 2.27. The van der Waals surface area contributed by atoms with Crippen LogP contribution in [0.4, 0.5) is 0 Å². The minimum absolute atomic E-state index is 0.0906. The molecule has 0 radical (unpaired) electrons. The van der Waals surface area contributed by atoms with Crippen molar-refractivity contribution in [1.82, 2.24) is 3.97 Å². The van der Waals surface area contributed by atoms with Gasteiger partial charge in [-0.3, -0.25) is 10.1 Å². The van der Waals surface area contributed by atoms with E-state index in [1.54, 1.807) is 24.3 Å². The van der Waals surface area contributed by atoms with Gasteiger partial charge in [0.2, 0.25) is 6.54 Å². The number of rotatable bonds is 9. The molecule has 1 heterocycles. The number of aldehydes is 1. The summed E-state index contributed by atoms with van der Waals surface area (Å²) in [5.74, 6) is -1.36. The topological polar surface area (TPSA) is 99.3 Å². The van der Waals surface area contributed by atoms with Gasteiger partial charge in [-0.05, 0) is 43.2 Å². The van der Waals surface area contributed by atoms with Crippen molar-refractivity contribution < 1.29 is 18.1 Å². The van der Waals surface area contributed by atoms with E-state index in [-0.39, 0.29) is 4.90 Å². The quantitative estimate of drug-likeness (QED) is 0.258. The molecule has 0 aliphatic rings. The number of aryl methyl sites for hydroxylation is 1. The lowest BCUT2D eigenvalue weighted by Crippen LogP contribution is -2.22. The fourth-order valence-electron chi connectivity index (χ4n) is 3.84. The molecule has 9 heteroatoms. The van der Waals surface area contributed by atoms with E-state index in [1.165, 1.54) is 24.4 Å². The number of benzene rings is 2. The maximum atomic E-state index is 13.4. The summed E-state index contributed by atoms with van der Waals surface area (Å²) in [4.78, 5) is 22.8. The number of fused-ring (bicyclic) bond motifs is 1. The predicted octanol–water partition coefficient (Wildman–Crippen LogP) is 4.82. The molecular weight excluding hydrogens is 440 g/mol. The minimum Gasteiger partial charge on any atom is -0.303 e. The molecule has 31 heavy (non-hydrogen) atoms. The van der Waals surface area contributed by atoms with E-state index in [1.807, 2.05) is 13.8 Å². The Morgan fingerprint density at radius 1 is 1.19 bits per heavy atom. The van der Waals surface area contributed by atoms with E-state index < -0.39 is 33.3 Å². The van der Waals surface area contributed by atoms with Crippen LogP contribution in [0.15, 0.2) is 53.6 Å². The Morgan fingerprint density at radius 3 is 2.45 bits per heavy atom. The Morgan fingerprint density at radius 2 is 1.87 bits per heavy atom. The van der Waals surface area contributed by atoms with Crippen LogP contribution in [0.3, 0.4) is 0 Å². The third-order valence-electron chi connectivity index (χ3n) is 5.40. The Labute approximate surface area is 185 Å². The summed E-state index contributed by atoms with van der Waals surface area (Å²) in [5, 5.41) is 12.3. The molecule has 1 aromatic heterocycles. The van der Waals surface area contributed by atoms with Gasteiger partial charge in [-0.15, -0.1) is 0 Å². The second-order valence-electron chi connectivity index (χ2n) is 7.57. The summed E-state index contributed by atoms with van der Waals surface area (Å²) in [6, 6.07) is 11.2. The highest BCUT2D eigenvalue weighted by atomic mass is 35.5. The normalized spacial score (nSPS) is 13.8. The van der Waals surface area contributed by atoms with E-state index in [0.717, 1.165) is 15.8 Å². The summed E-state index contributed by atoms with van der Waals surface area (Å²) in [6.07, 6.45) is 3.26. The average Bonchev–Trinajstić information content (AvgIpc) is 3.10. The zero-order valence-electron chi connectivity index (χ0n) is 17.2. The summed E-state index contributed by atoms with van der Waals surface area (Å²) in [5.41, 5.74) is 1.68. The number of carbonyl (C=O) groups excluding carboxylic acids is 1. The molecule has 7 nitrogen and oxygen atoms in total. The summed E-state index contributed by atoms with van der Waals surface area (Å²) in [6.45, 7) is 3.27. The number of nitro groups is 1. The van der Waals surface area contributed by atoms with Crippen LogP contribution in [-0.4, -0.2) is 30.1 Å². The Bertz CT molecular complexity index is 1220. The molecule has 0 bridgehead atoms. The van der Waals surface area contributed by atoms with Crippen LogP contribution in [0.1, 0.15) is 36.8 Å². The lowest BCUT2D eigenvalue weighted by Gasteiger charge is -2.18. The smallest absolute Gasteiger partial charge is 0.268 e. The van der Waals surface area contributed by atoms with Crippen LogP contribution in [0, 0.1) is 23.0 Å². The fourth-order valence-corrected chi connectivity index (χ4v) is 5.37. The number of halogens is 1. The van der Waals surface area contributed by atoms with E-state index in [0.29, 0.717) is 34.3 Å². The predicted molar refractivity (Wildman–Crippen MR) is 120 cm³/mol. The van der Waals surface area contributed by atoms with Crippen molar-refractivity contribution in [3.8, 4) is 0 Å². The van der Waals surface area contributed by atoms with E-state index >= 15 is 0 Å². The molecule has 2 aromatic carbocycles. The van der Waals surface area contributed by atoms with E-state index in [4.69, 9.17) is 11.6 Å². The molecular formula is C22H23ClN2O5S. The van der Waals surface area contributed by atoms with Gasteiger partial charge in [-0.2, -0.15) is 0 Å². The van der Waals surface area contributed by atoms with Gasteiger partial charge in [-0.1, -0.05) is 48.7 Å². The van der Waals surface area contributed by atoms with E-state index in [9.17, 15) is 23.3 Å². The number of aromatic nitrogens is 1. The first-order valence-electron chi connectivity index (χ1n) is 9.88. The summed E-state index contributed by atoms with van der Waals surface area (Å²) in [7, 11) is -3.99. The molecule has 0 aliphatic carbocycles. The van der Waals surface area contributed by atoms with Crippen molar-refractivity contribution >= 4 is 38.8 Å². The monoisotopic (exact) mass is 462 g/mol. The van der Waals surface area contributed by atoms with Crippen molar-refractivity contribution in [3.63, 3.8) is 0 Å². The molecule has 0 saturated carbocycles. The van der Waals surface area contributed by atoms with Crippen molar-refractivity contribution in [2.24, 2.45) is 5.92 Å². The number of hydrogen-bond acceptors (Lipinski definition) is 5. The first-order chi connectivity index (χ1) is 14.7. The maximum Gasteiger partial charge on any atom is 0.268 e. The van der Waals surface area contributed by atoms with E-state index in [2.05, 4.69) is 0 Å². The van der Waals surface area contributed by atoms with Crippen molar-refractivity contribution in [1.29, 1.82) is 0 Å². The second kappa shape index (κ2) is 9.20. The molecule has 2 atom stereocenters. The van der Waals surface area contributed by atoms with Gasteiger partial charge >= 0.3 is 0 Å². The van der Waals surface area contributed by atoms with Crippen LogP contribution in [0.5, 0.6) is 0 Å². The molecule has 0 saturated heterocycles. The molecule has 3 rings (SSSR count). The average molecular weight is 463 g/mol. The third kappa shape index (κ3) is 4.65. The van der Waals surface area contributed by atoms with Crippen molar-refractivity contribution in [3.05, 3.63) is 74.9 Å². The molecule has 0 N–H and O–H groups in total. The highest BCUT2D eigenvalue weighted by Gasteiger charge is 2.32. The highest BCUT2D eigenvalue weighted by molar-refractivity contribution is 7.90. The van der Waals surface area contributed by atoms with Gasteiger partial charge in [0.15, 0.2) is 0 Å². The minimum atomic E-state index is -3.99. The van der Waals surface area contributed by atoms with Gasteiger partial charge in [0.25, 0.3) is 10.0 Å². The summed E-state index contributed by atoms with van der Waals surface area (Å²) < 4.78 is 27.9. The standard InChI is InChI=1S/C22H23ClN2O5S/c1-3-4-16(14-26)20(13-25(27)28)21-12-24(22-11-17(23)7-10-19(21)22)31(29,30)18-8-5-15(2)6-9-18/h5-12,14,16,20H,3-4,13H2,1-2H3. The first-order valence-corrected chi connectivity index (χ1v) is 11.7.